The first-order valence-electron chi connectivity index (χ1n) is 11.9. The molecule has 0 saturated heterocycles. The summed E-state index contributed by atoms with van der Waals surface area (Å²) in [6.45, 7) is 9.17. The number of nitrogen functional groups attached to an aromatic ring is 1. The number of carboxylic acids is 1. The van der Waals surface area contributed by atoms with E-state index in [1.54, 1.807) is 38.6 Å². The van der Waals surface area contributed by atoms with E-state index in [1.807, 2.05) is 6.92 Å². The van der Waals surface area contributed by atoms with Crippen LogP contribution in [0.15, 0.2) is 12.7 Å². The highest BCUT2D eigenvalue weighted by molar-refractivity contribution is 7.59. The van der Waals surface area contributed by atoms with Crippen molar-refractivity contribution in [2.45, 2.75) is 84.5 Å². The van der Waals surface area contributed by atoms with Gasteiger partial charge in [-0.3, -0.25) is 14.2 Å². The van der Waals surface area contributed by atoms with Crippen LogP contribution >= 0.6 is 7.44 Å². The summed E-state index contributed by atoms with van der Waals surface area (Å²) in [6, 6.07) is -0.645. The van der Waals surface area contributed by atoms with Crippen LogP contribution in [0, 0.1) is 0 Å². The Hall–Kier alpha value is -2.60. The summed E-state index contributed by atoms with van der Waals surface area (Å²) in [4.78, 5) is 36.2. The zero-order chi connectivity index (χ0) is 26.9. The van der Waals surface area contributed by atoms with E-state index in [0.29, 0.717) is 17.7 Å². The number of imidazole rings is 1. The predicted molar refractivity (Wildman–Crippen MR) is 135 cm³/mol. The van der Waals surface area contributed by atoms with Crippen molar-refractivity contribution in [3.8, 4) is 0 Å². The number of ether oxygens (including phenoxy) is 2. The zero-order valence-electron chi connectivity index (χ0n) is 21.6. The lowest BCUT2D eigenvalue weighted by atomic mass is 10.1. The minimum atomic E-state index is -3.61. The number of unbranched alkanes of at least 4 members (excludes halogenated alkanes) is 2. The van der Waals surface area contributed by atoms with Crippen LogP contribution in [-0.4, -0.2) is 67.2 Å². The highest BCUT2D eigenvalue weighted by Crippen LogP contribution is 2.40. The number of carbonyl (C=O) groups excluding carboxylic acids is 1. The Morgan fingerprint density at radius 2 is 1.97 bits per heavy atom. The van der Waals surface area contributed by atoms with E-state index < -0.39 is 37.1 Å². The summed E-state index contributed by atoms with van der Waals surface area (Å²) in [5.41, 5.74) is 5.54. The number of hydrogen-bond donors (Lipinski definition) is 4. The summed E-state index contributed by atoms with van der Waals surface area (Å²) >= 11 is 0. The molecule has 0 saturated carbocycles. The molecule has 0 fully saturated rings. The Morgan fingerprint density at radius 1 is 1.25 bits per heavy atom. The maximum Gasteiger partial charge on any atom is 0.326 e. The second-order valence-corrected chi connectivity index (χ2v) is 11.6. The molecule has 0 spiro atoms. The van der Waals surface area contributed by atoms with Crippen LogP contribution < -0.4 is 15.9 Å². The Labute approximate surface area is 211 Å². The summed E-state index contributed by atoms with van der Waals surface area (Å²) in [5, 5.41) is 14.8. The molecule has 0 aliphatic rings. The van der Waals surface area contributed by atoms with Gasteiger partial charge < -0.3 is 24.9 Å². The molecule has 13 nitrogen and oxygen atoms in total. The Kier molecular flexibility index (Phi) is 10.8. The maximum absolute atomic E-state index is 13.9. The van der Waals surface area contributed by atoms with E-state index >= 15 is 0 Å². The van der Waals surface area contributed by atoms with Crippen molar-refractivity contribution in [1.82, 2.24) is 29.7 Å². The number of carboxylic acid groups (broad SMARTS) is 1. The topological polar surface area (TPSA) is 184 Å². The van der Waals surface area contributed by atoms with E-state index in [-0.39, 0.29) is 25.2 Å². The molecule has 2 heterocycles. The number of nitrogens with zero attached hydrogens (tertiary/aromatic N) is 4. The van der Waals surface area contributed by atoms with Gasteiger partial charge >= 0.3 is 11.9 Å². The van der Waals surface area contributed by atoms with Crippen molar-refractivity contribution in [3.63, 3.8) is 0 Å². The molecule has 1 unspecified atom stereocenters. The van der Waals surface area contributed by atoms with Crippen LogP contribution in [-0.2, 0) is 30.2 Å². The molecule has 0 aromatic carbocycles. The first-order chi connectivity index (χ1) is 16.9. The number of anilines is 1. The third kappa shape index (κ3) is 8.81. The molecule has 0 aliphatic heterocycles. The van der Waals surface area contributed by atoms with Crippen molar-refractivity contribution in [1.29, 1.82) is 0 Å². The lowest BCUT2D eigenvalue weighted by molar-refractivity contribution is -0.149. The summed E-state index contributed by atoms with van der Waals surface area (Å²) in [6.07, 6.45) is 4.59. The van der Waals surface area contributed by atoms with Crippen LogP contribution in [0.3, 0.4) is 0 Å². The Bertz CT molecular complexity index is 1080. The molecule has 2 aromatic rings. The Balaban J connectivity index is 2.10. The smallest absolute Gasteiger partial charge is 0.326 e. The SMILES string of the molecule is CCCCCOC(=O)C(C)(C)NP(=O)(CO[C@@H](C)Cn1cnc2c(N)ncnc21)N[C@H](C)CC(=O)O. The zero-order valence-corrected chi connectivity index (χ0v) is 22.5. The molecule has 0 amide bonds. The fourth-order valence-corrected chi connectivity index (χ4v) is 6.02. The minimum absolute atomic E-state index is 0.259. The number of carbonyl (C=O) groups is 2. The number of esters is 1. The third-order valence-corrected chi connectivity index (χ3v) is 7.58. The number of nitrogens with two attached hydrogens (primary N) is 1. The van der Waals surface area contributed by atoms with Crippen LogP contribution in [0.5, 0.6) is 0 Å². The van der Waals surface area contributed by atoms with E-state index in [2.05, 4.69) is 25.1 Å². The minimum Gasteiger partial charge on any atom is -0.481 e. The van der Waals surface area contributed by atoms with E-state index in [4.69, 9.17) is 20.3 Å². The molecule has 14 heteroatoms. The van der Waals surface area contributed by atoms with Crippen molar-refractivity contribution in [2.24, 2.45) is 0 Å². The van der Waals surface area contributed by atoms with Gasteiger partial charge in [0.05, 0.1) is 32.0 Å². The summed E-state index contributed by atoms with van der Waals surface area (Å²) < 4.78 is 26.9. The first kappa shape index (κ1) is 29.6. The van der Waals surface area contributed by atoms with Crippen LogP contribution in [0.25, 0.3) is 11.2 Å². The largest absolute Gasteiger partial charge is 0.481 e. The fourth-order valence-electron chi connectivity index (χ4n) is 3.55. The van der Waals surface area contributed by atoms with Gasteiger partial charge in [0, 0.05) is 6.04 Å². The molecule has 36 heavy (non-hydrogen) atoms. The average molecular weight is 528 g/mol. The maximum atomic E-state index is 13.9. The van der Waals surface area contributed by atoms with Gasteiger partial charge in [0.2, 0.25) is 7.44 Å². The quantitative estimate of drug-likeness (QED) is 0.142. The second-order valence-electron chi connectivity index (χ2n) is 9.38. The van der Waals surface area contributed by atoms with Crippen molar-refractivity contribution >= 4 is 36.4 Å². The molecule has 202 valence electrons. The molecule has 2 rings (SSSR count). The van der Waals surface area contributed by atoms with Gasteiger partial charge in [0.1, 0.15) is 23.7 Å². The number of aromatic nitrogens is 4. The van der Waals surface area contributed by atoms with Gasteiger partial charge in [-0.15, -0.1) is 0 Å². The predicted octanol–water partition coefficient (Wildman–Crippen LogP) is 2.52. The van der Waals surface area contributed by atoms with Crippen molar-refractivity contribution in [2.75, 3.05) is 18.7 Å². The first-order valence-corrected chi connectivity index (χ1v) is 13.8. The normalized spacial score (nSPS) is 15.4. The molecule has 5 N–H and O–H groups in total. The molecule has 3 atom stereocenters. The second kappa shape index (κ2) is 13.1. The summed E-state index contributed by atoms with van der Waals surface area (Å²) in [7, 11) is -3.61. The fraction of sp³-hybridized carbons (Fsp3) is 0.682. The van der Waals surface area contributed by atoms with Crippen LogP contribution in [0.4, 0.5) is 5.82 Å². The number of nitrogens with one attached hydrogen (secondary N) is 2. The van der Waals surface area contributed by atoms with Crippen molar-refractivity contribution in [3.05, 3.63) is 12.7 Å². The van der Waals surface area contributed by atoms with Gasteiger partial charge in [0.15, 0.2) is 11.5 Å². The van der Waals surface area contributed by atoms with Crippen LogP contribution in [0.1, 0.15) is 60.3 Å². The number of fused-ring (bicyclic) bond motifs is 1. The number of hydrogen-bond acceptors (Lipinski definition) is 9. The van der Waals surface area contributed by atoms with Gasteiger partial charge in [-0.25, -0.2) is 25.1 Å². The van der Waals surface area contributed by atoms with Gasteiger partial charge in [0.25, 0.3) is 0 Å². The monoisotopic (exact) mass is 527 g/mol. The lowest BCUT2D eigenvalue weighted by Crippen LogP contribution is -2.49. The molecule has 0 radical (unpaired) electrons. The Morgan fingerprint density at radius 3 is 2.64 bits per heavy atom. The standard InChI is InChI=1S/C22H38N7O6P/c1-6-7-8-9-34-21(32)22(4,5)28-36(33,27-15(2)10-17(30)31)14-35-16(3)11-29-13-26-18-19(23)24-12-25-20(18)29/h12-13,15-16H,6-11,14H2,1-5H3,(H,30,31)(H2,23,24,25)(H2,27,28,33)/t15-,16+,36?/m1/s1. The average Bonchev–Trinajstić information content (AvgIpc) is 3.18. The van der Waals surface area contributed by atoms with Gasteiger partial charge in [-0.1, -0.05) is 19.8 Å². The summed E-state index contributed by atoms with van der Waals surface area (Å²) in [5.74, 6) is -1.33. The highest BCUT2D eigenvalue weighted by atomic mass is 31.2. The van der Waals surface area contributed by atoms with Gasteiger partial charge in [-0.05, 0) is 34.1 Å². The molecular formula is C22H38N7O6P. The van der Waals surface area contributed by atoms with E-state index in [1.165, 1.54) is 6.33 Å². The molecule has 2 aromatic heterocycles. The van der Waals surface area contributed by atoms with Gasteiger partial charge in [-0.2, -0.15) is 0 Å². The van der Waals surface area contributed by atoms with Crippen LogP contribution in [0.2, 0.25) is 0 Å². The highest BCUT2D eigenvalue weighted by Gasteiger charge is 2.38. The molecule has 0 bridgehead atoms. The molecule has 0 aliphatic carbocycles. The third-order valence-electron chi connectivity index (χ3n) is 5.29. The van der Waals surface area contributed by atoms with E-state index in [9.17, 15) is 14.2 Å². The van der Waals surface area contributed by atoms with E-state index in [0.717, 1.165) is 19.3 Å². The number of aliphatic carboxylic acids is 1. The molecular weight excluding hydrogens is 489 g/mol. The number of rotatable bonds is 16. The van der Waals surface area contributed by atoms with Crippen molar-refractivity contribution < 1.29 is 28.7 Å². The lowest BCUT2D eigenvalue weighted by Gasteiger charge is -2.32.